The molecule has 0 aromatic heterocycles. The third-order valence-electron chi connectivity index (χ3n) is 5.26. The first-order valence-corrected chi connectivity index (χ1v) is 9.54. The minimum Gasteiger partial charge on any atom is -0.456 e. The van der Waals surface area contributed by atoms with Crippen molar-refractivity contribution in [1.82, 2.24) is 0 Å². The van der Waals surface area contributed by atoms with E-state index in [1.54, 1.807) is 6.92 Å². The first-order valence-electron chi connectivity index (χ1n) is 9.54. The fraction of sp³-hybridized carbons (Fsp3) is 0.889. The Morgan fingerprint density at radius 1 is 1.03 bits per heavy atom. The molecule has 4 heterocycles. The quantitative estimate of drug-likeness (QED) is 0.580. The van der Waals surface area contributed by atoms with Crippen LogP contribution in [0, 0.1) is 0 Å². The molecule has 0 N–H and O–H groups in total. The second-order valence-electron chi connectivity index (χ2n) is 7.88. The lowest BCUT2D eigenvalue weighted by Crippen LogP contribution is -2.57. The first-order chi connectivity index (χ1) is 13.7. The fourth-order valence-corrected chi connectivity index (χ4v) is 4.13. The van der Waals surface area contributed by atoms with Gasteiger partial charge < -0.3 is 42.6 Å². The van der Waals surface area contributed by atoms with Gasteiger partial charge in [-0.05, 0) is 20.8 Å². The van der Waals surface area contributed by atoms with Crippen molar-refractivity contribution in [2.45, 2.75) is 88.8 Å². The summed E-state index contributed by atoms with van der Waals surface area (Å²) >= 11 is 0. The van der Waals surface area contributed by atoms with Gasteiger partial charge in [-0.3, -0.25) is 4.79 Å². The maximum Gasteiger partial charge on any atom is 0.509 e. The van der Waals surface area contributed by atoms with E-state index in [-0.39, 0.29) is 18.8 Å². The molecule has 9 atom stereocenters. The van der Waals surface area contributed by atoms with E-state index in [1.165, 1.54) is 14.0 Å². The van der Waals surface area contributed by atoms with Crippen LogP contribution in [0.25, 0.3) is 0 Å². The molecule has 0 amide bonds. The van der Waals surface area contributed by atoms with Crippen LogP contribution in [0.3, 0.4) is 0 Å². The van der Waals surface area contributed by atoms with E-state index >= 15 is 0 Å². The summed E-state index contributed by atoms with van der Waals surface area (Å²) in [6.45, 7) is 6.68. The summed E-state index contributed by atoms with van der Waals surface area (Å²) in [5.41, 5.74) is 0. The van der Waals surface area contributed by atoms with E-state index in [0.29, 0.717) is 0 Å². The standard InChI is InChI=1S/C18H26O11/c1-7-10(24-8(2)19)12-13(27-17(20)26-12)16(23-7)22-6-9-11-14(15(21-5)25-9)29-18(3,4)28-11/h7,9-16H,6H2,1-5H3/t7-,9+,10-,11+,12+,13+,14+,15+,16-/m0/s1. The Balaban J connectivity index is 1.42. The molecule has 4 rings (SSSR count). The zero-order valence-electron chi connectivity index (χ0n) is 16.9. The lowest BCUT2D eigenvalue weighted by atomic mass is 9.99. The normalized spacial score (nSPS) is 45.3. The number of ether oxygens (including phenoxy) is 9. The highest BCUT2D eigenvalue weighted by Crippen LogP contribution is 2.40. The molecule has 0 unspecified atom stereocenters. The molecule has 4 saturated heterocycles. The smallest absolute Gasteiger partial charge is 0.456 e. The van der Waals surface area contributed by atoms with E-state index in [0.717, 1.165) is 0 Å². The summed E-state index contributed by atoms with van der Waals surface area (Å²) in [6.07, 6.45) is -6.70. The molecule has 11 nitrogen and oxygen atoms in total. The predicted molar refractivity (Wildman–Crippen MR) is 90.5 cm³/mol. The Morgan fingerprint density at radius 3 is 2.41 bits per heavy atom. The number of fused-ring (bicyclic) bond motifs is 2. The van der Waals surface area contributed by atoms with Crippen molar-refractivity contribution in [2.75, 3.05) is 13.7 Å². The Morgan fingerprint density at radius 2 is 1.72 bits per heavy atom. The number of hydrogen-bond donors (Lipinski definition) is 0. The molecular formula is C18H26O11. The van der Waals surface area contributed by atoms with E-state index in [2.05, 4.69) is 0 Å². The minimum atomic E-state index is -0.924. The SMILES string of the molecule is CO[C@@H]1O[C@H](CO[C@H]2O[C@@H](C)[C@H](OC(C)=O)[C@H]3OC(=O)O[C@@H]23)[C@H]2OC(C)(C)O[C@@H]12. The summed E-state index contributed by atoms with van der Waals surface area (Å²) < 4.78 is 50.3. The van der Waals surface area contributed by atoms with Crippen molar-refractivity contribution in [1.29, 1.82) is 0 Å². The second-order valence-corrected chi connectivity index (χ2v) is 7.88. The molecule has 0 aromatic carbocycles. The molecule has 0 spiro atoms. The summed E-state index contributed by atoms with van der Waals surface area (Å²) in [6, 6.07) is 0. The molecule has 11 heteroatoms. The lowest BCUT2D eigenvalue weighted by Gasteiger charge is -2.39. The third-order valence-corrected chi connectivity index (χ3v) is 5.26. The van der Waals surface area contributed by atoms with Crippen LogP contribution in [0.2, 0.25) is 0 Å². The fourth-order valence-electron chi connectivity index (χ4n) is 4.13. The number of carbonyl (C=O) groups is 2. The third kappa shape index (κ3) is 3.94. The Bertz CT molecular complexity index is 652. The maximum atomic E-state index is 11.7. The Hall–Kier alpha value is -1.50. The topological polar surface area (TPSA) is 117 Å². The lowest BCUT2D eigenvalue weighted by molar-refractivity contribution is -0.285. The van der Waals surface area contributed by atoms with Crippen molar-refractivity contribution < 1.29 is 52.2 Å². The van der Waals surface area contributed by atoms with Gasteiger partial charge in [0, 0.05) is 14.0 Å². The predicted octanol–water partition coefficient (Wildman–Crippen LogP) is 0.475. The van der Waals surface area contributed by atoms with Gasteiger partial charge in [0.2, 0.25) is 0 Å². The zero-order valence-corrected chi connectivity index (χ0v) is 16.9. The van der Waals surface area contributed by atoms with Gasteiger partial charge in [-0.1, -0.05) is 0 Å². The van der Waals surface area contributed by atoms with Crippen molar-refractivity contribution in [3.63, 3.8) is 0 Å². The van der Waals surface area contributed by atoms with Crippen molar-refractivity contribution in [3.05, 3.63) is 0 Å². The molecule has 29 heavy (non-hydrogen) atoms. The molecule has 0 radical (unpaired) electrons. The van der Waals surface area contributed by atoms with E-state index < -0.39 is 61.0 Å². The van der Waals surface area contributed by atoms with Gasteiger partial charge >= 0.3 is 12.1 Å². The van der Waals surface area contributed by atoms with E-state index in [1.807, 2.05) is 13.8 Å². The van der Waals surface area contributed by atoms with Gasteiger partial charge in [0.25, 0.3) is 0 Å². The molecule has 0 bridgehead atoms. The molecule has 4 aliphatic rings. The van der Waals surface area contributed by atoms with Gasteiger partial charge in [-0.15, -0.1) is 0 Å². The monoisotopic (exact) mass is 418 g/mol. The van der Waals surface area contributed by atoms with Gasteiger partial charge in [-0.25, -0.2) is 4.79 Å². The molecule has 4 aliphatic heterocycles. The van der Waals surface area contributed by atoms with E-state index in [4.69, 9.17) is 42.6 Å². The van der Waals surface area contributed by atoms with Gasteiger partial charge in [0.05, 0.1) is 12.7 Å². The number of carbonyl (C=O) groups excluding carboxylic acids is 2. The summed E-state index contributed by atoms with van der Waals surface area (Å²) in [5.74, 6) is -1.27. The second kappa shape index (κ2) is 7.64. The van der Waals surface area contributed by atoms with E-state index in [9.17, 15) is 9.59 Å². The molecule has 0 aliphatic carbocycles. The highest BCUT2D eigenvalue weighted by atomic mass is 16.8. The molecule has 164 valence electrons. The summed E-state index contributed by atoms with van der Waals surface area (Å²) in [5, 5.41) is 0. The number of esters is 1. The van der Waals surface area contributed by atoms with Crippen LogP contribution in [0.15, 0.2) is 0 Å². The molecule has 4 fully saturated rings. The van der Waals surface area contributed by atoms with Crippen LogP contribution in [-0.2, 0) is 47.4 Å². The van der Waals surface area contributed by atoms with Gasteiger partial charge in [-0.2, -0.15) is 0 Å². The number of hydrogen-bond acceptors (Lipinski definition) is 11. The Labute approximate surface area is 167 Å². The zero-order chi connectivity index (χ0) is 20.9. The maximum absolute atomic E-state index is 11.7. The highest BCUT2D eigenvalue weighted by Gasteiger charge is 2.58. The Kier molecular flexibility index (Phi) is 5.47. The van der Waals surface area contributed by atoms with Crippen LogP contribution in [0.5, 0.6) is 0 Å². The number of rotatable bonds is 5. The average molecular weight is 418 g/mol. The van der Waals surface area contributed by atoms with Crippen molar-refractivity contribution in [2.24, 2.45) is 0 Å². The molecular weight excluding hydrogens is 392 g/mol. The van der Waals surface area contributed by atoms with Crippen LogP contribution >= 0.6 is 0 Å². The molecule has 0 saturated carbocycles. The van der Waals surface area contributed by atoms with Crippen LogP contribution in [0.4, 0.5) is 4.79 Å². The largest absolute Gasteiger partial charge is 0.509 e. The number of methoxy groups -OCH3 is 1. The van der Waals surface area contributed by atoms with Crippen LogP contribution in [-0.4, -0.2) is 86.9 Å². The minimum absolute atomic E-state index is 0.0802. The van der Waals surface area contributed by atoms with Crippen LogP contribution in [0.1, 0.15) is 27.7 Å². The average Bonchev–Trinajstić information content (AvgIpc) is 3.26. The summed E-state index contributed by atoms with van der Waals surface area (Å²) in [4.78, 5) is 23.1. The first kappa shape index (κ1) is 20.8. The summed E-state index contributed by atoms with van der Waals surface area (Å²) in [7, 11) is 1.53. The van der Waals surface area contributed by atoms with Crippen LogP contribution < -0.4 is 0 Å². The van der Waals surface area contributed by atoms with Crippen molar-refractivity contribution >= 4 is 12.1 Å². The van der Waals surface area contributed by atoms with Gasteiger partial charge in [0.1, 0.15) is 18.3 Å². The highest BCUT2D eigenvalue weighted by molar-refractivity contribution is 5.67. The van der Waals surface area contributed by atoms with Crippen molar-refractivity contribution in [3.8, 4) is 0 Å². The van der Waals surface area contributed by atoms with Gasteiger partial charge in [0.15, 0.2) is 36.7 Å². The molecule has 0 aromatic rings.